The monoisotopic (exact) mass is 321 g/mol. The molecule has 4 heteroatoms. The molecule has 0 saturated heterocycles. The molecule has 0 radical (unpaired) electrons. The minimum Gasteiger partial charge on any atom is -0.395 e. The van der Waals surface area contributed by atoms with Crippen molar-refractivity contribution in [3.63, 3.8) is 0 Å². The molecule has 2 aromatic carbocycles. The molecule has 0 atom stereocenters. The Morgan fingerprint density at radius 1 is 1.08 bits per heavy atom. The van der Waals surface area contributed by atoms with Gasteiger partial charge in [0.25, 0.3) is 0 Å². The van der Waals surface area contributed by atoms with Crippen LogP contribution in [0.4, 0.5) is 4.79 Å². The van der Waals surface area contributed by atoms with Crippen molar-refractivity contribution in [3.05, 3.63) is 72.4 Å². The van der Waals surface area contributed by atoms with Crippen LogP contribution in [0.1, 0.15) is 18.9 Å². The maximum Gasteiger partial charge on any atom is 0.519 e. The van der Waals surface area contributed by atoms with E-state index in [1.165, 1.54) is 0 Å². The fourth-order valence-electron chi connectivity index (χ4n) is 2.60. The van der Waals surface area contributed by atoms with Crippen LogP contribution in [-0.4, -0.2) is 11.1 Å². The number of fused-ring (bicyclic) bond motifs is 1. The zero-order chi connectivity index (χ0) is 16.8. The summed E-state index contributed by atoms with van der Waals surface area (Å²) < 4.78 is 10.6. The Hall–Kier alpha value is -3.01. The molecule has 0 aliphatic heterocycles. The SMILES string of the molecule is C/C=C/CCc1c[nH]c2cccc(OC(=O)Oc3ccccc3)c12. The summed E-state index contributed by atoms with van der Waals surface area (Å²) in [5, 5.41) is 0.923. The summed E-state index contributed by atoms with van der Waals surface area (Å²) in [4.78, 5) is 15.3. The van der Waals surface area contributed by atoms with Crippen molar-refractivity contribution in [1.82, 2.24) is 4.98 Å². The summed E-state index contributed by atoms with van der Waals surface area (Å²) in [5.41, 5.74) is 2.06. The van der Waals surface area contributed by atoms with E-state index in [0.717, 1.165) is 29.3 Å². The van der Waals surface area contributed by atoms with Crippen molar-refractivity contribution < 1.29 is 14.3 Å². The van der Waals surface area contributed by atoms with Crippen LogP contribution in [-0.2, 0) is 6.42 Å². The summed E-state index contributed by atoms with van der Waals surface area (Å²) in [6.07, 6.45) is 7.18. The summed E-state index contributed by atoms with van der Waals surface area (Å²) in [6.45, 7) is 2.00. The fraction of sp³-hybridized carbons (Fsp3) is 0.150. The molecule has 0 aliphatic carbocycles. The summed E-state index contributed by atoms with van der Waals surface area (Å²) >= 11 is 0. The van der Waals surface area contributed by atoms with Crippen molar-refractivity contribution in [2.24, 2.45) is 0 Å². The van der Waals surface area contributed by atoms with Crippen LogP contribution >= 0.6 is 0 Å². The standard InChI is InChI=1S/C20H19NO3/c1-2-3-5-9-15-14-21-17-12-8-13-18(19(15)17)24-20(22)23-16-10-6-4-7-11-16/h2-4,6-8,10-14,21H,5,9H2,1H3/b3-2+. The lowest BCUT2D eigenvalue weighted by atomic mass is 10.1. The maximum absolute atomic E-state index is 12.1. The van der Waals surface area contributed by atoms with Gasteiger partial charge in [0.15, 0.2) is 0 Å². The number of benzene rings is 2. The molecule has 0 amide bonds. The largest absolute Gasteiger partial charge is 0.519 e. The maximum atomic E-state index is 12.1. The topological polar surface area (TPSA) is 51.3 Å². The Balaban J connectivity index is 1.80. The Morgan fingerprint density at radius 2 is 1.92 bits per heavy atom. The molecule has 1 heterocycles. The van der Waals surface area contributed by atoms with E-state index in [-0.39, 0.29) is 0 Å². The van der Waals surface area contributed by atoms with E-state index >= 15 is 0 Å². The minimum atomic E-state index is -0.741. The summed E-state index contributed by atoms with van der Waals surface area (Å²) in [7, 11) is 0. The van der Waals surface area contributed by atoms with E-state index < -0.39 is 6.16 Å². The Bertz CT molecular complexity index is 850. The first-order valence-electron chi connectivity index (χ1n) is 7.93. The Morgan fingerprint density at radius 3 is 2.71 bits per heavy atom. The third-order valence-corrected chi connectivity index (χ3v) is 3.70. The van der Waals surface area contributed by atoms with Gasteiger partial charge < -0.3 is 14.5 Å². The van der Waals surface area contributed by atoms with E-state index in [1.54, 1.807) is 30.3 Å². The van der Waals surface area contributed by atoms with E-state index in [2.05, 4.69) is 11.1 Å². The second-order valence-corrected chi connectivity index (χ2v) is 5.37. The van der Waals surface area contributed by atoms with Crippen LogP contribution < -0.4 is 9.47 Å². The molecule has 0 aliphatic rings. The quantitative estimate of drug-likeness (QED) is 0.396. The zero-order valence-corrected chi connectivity index (χ0v) is 13.5. The number of aromatic amines is 1. The molecule has 0 spiro atoms. The average molecular weight is 321 g/mol. The summed E-state index contributed by atoms with van der Waals surface area (Å²) in [6, 6.07) is 14.5. The number of carbonyl (C=O) groups is 1. The molecule has 0 fully saturated rings. The van der Waals surface area contributed by atoms with Crippen LogP contribution in [0.5, 0.6) is 11.5 Å². The van der Waals surface area contributed by atoms with E-state index in [1.807, 2.05) is 37.4 Å². The first kappa shape index (κ1) is 15.9. The third kappa shape index (κ3) is 3.66. The van der Waals surface area contributed by atoms with Crippen molar-refractivity contribution in [1.29, 1.82) is 0 Å². The van der Waals surface area contributed by atoms with Crippen molar-refractivity contribution in [2.45, 2.75) is 19.8 Å². The van der Waals surface area contributed by atoms with Gasteiger partial charge in [0, 0.05) is 17.1 Å². The molecule has 1 aromatic heterocycles. The van der Waals surface area contributed by atoms with Gasteiger partial charge in [0.05, 0.1) is 0 Å². The first-order chi connectivity index (χ1) is 11.8. The van der Waals surface area contributed by atoms with Crippen molar-refractivity contribution in [3.8, 4) is 11.5 Å². The number of H-pyrrole nitrogens is 1. The predicted octanol–water partition coefficient (Wildman–Crippen LogP) is 5.25. The number of allylic oxidation sites excluding steroid dienone is 2. The lowest BCUT2D eigenvalue weighted by Crippen LogP contribution is -2.13. The lowest BCUT2D eigenvalue weighted by Gasteiger charge is -2.08. The zero-order valence-electron chi connectivity index (χ0n) is 13.5. The van der Waals surface area contributed by atoms with Gasteiger partial charge in [-0.05, 0) is 49.6 Å². The smallest absolute Gasteiger partial charge is 0.395 e. The van der Waals surface area contributed by atoms with Gasteiger partial charge in [-0.3, -0.25) is 0 Å². The molecule has 4 nitrogen and oxygen atoms in total. The minimum absolute atomic E-state index is 0.456. The van der Waals surface area contributed by atoms with Crippen LogP contribution in [0, 0.1) is 0 Å². The Kier molecular flexibility index (Phi) is 4.96. The highest BCUT2D eigenvalue weighted by molar-refractivity contribution is 5.91. The molecule has 24 heavy (non-hydrogen) atoms. The highest BCUT2D eigenvalue weighted by Gasteiger charge is 2.14. The van der Waals surface area contributed by atoms with Gasteiger partial charge in [-0.1, -0.05) is 36.4 Å². The number of rotatable bonds is 5. The van der Waals surface area contributed by atoms with Gasteiger partial charge in [0.1, 0.15) is 11.5 Å². The molecular weight excluding hydrogens is 302 g/mol. The number of aromatic nitrogens is 1. The number of nitrogens with one attached hydrogen (secondary N) is 1. The molecule has 3 rings (SSSR count). The van der Waals surface area contributed by atoms with Crippen molar-refractivity contribution in [2.75, 3.05) is 0 Å². The van der Waals surface area contributed by atoms with E-state index in [0.29, 0.717) is 11.5 Å². The van der Waals surface area contributed by atoms with Gasteiger partial charge in [0.2, 0.25) is 0 Å². The molecule has 0 bridgehead atoms. The summed E-state index contributed by atoms with van der Waals surface area (Å²) in [5.74, 6) is 0.960. The van der Waals surface area contributed by atoms with Crippen molar-refractivity contribution >= 4 is 17.1 Å². The number of ether oxygens (including phenoxy) is 2. The number of carbonyl (C=O) groups excluding carboxylic acids is 1. The second kappa shape index (κ2) is 7.51. The van der Waals surface area contributed by atoms with Crippen LogP contribution in [0.25, 0.3) is 10.9 Å². The normalized spacial score (nSPS) is 11.0. The Labute approximate surface area is 140 Å². The third-order valence-electron chi connectivity index (χ3n) is 3.70. The second-order valence-electron chi connectivity index (χ2n) is 5.37. The van der Waals surface area contributed by atoms with E-state index in [9.17, 15) is 4.79 Å². The molecule has 0 unspecified atom stereocenters. The van der Waals surface area contributed by atoms with Crippen LogP contribution in [0.3, 0.4) is 0 Å². The van der Waals surface area contributed by atoms with Gasteiger partial charge >= 0.3 is 6.16 Å². The molecule has 1 N–H and O–H groups in total. The van der Waals surface area contributed by atoms with Crippen LogP contribution in [0.2, 0.25) is 0 Å². The number of aryl methyl sites for hydroxylation is 1. The highest BCUT2D eigenvalue weighted by Crippen LogP contribution is 2.30. The van der Waals surface area contributed by atoms with Gasteiger partial charge in [-0.15, -0.1) is 0 Å². The predicted molar refractivity (Wildman–Crippen MR) is 94.5 cm³/mol. The number of hydrogen-bond acceptors (Lipinski definition) is 3. The molecule has 3 aromatic rings. The molecular formula is C20H19NO3. The van der Waals surface area contributed by atoms with E-state index in [4.69, 9.17) is 9.47 Å². The first-order valence-corrected chi connectivity index (χ1v) is 7.93. The van der Waals surface area contributed by atoms with Gasteiger partial charge in [-0.25, -0.2) is 4.79 Å². The number of para-hydroxylation sites is 1. The fourth-order valence-corrected chi connectivity index (χ4v) is 2.60. The number of hydrogen-bond donors (Lipinski definition) is 1. The van der Waals surface area contributed by atoms with Crippen LogP contribution in [0.15, 0.2) is 66.9 Å². The average Bonchev–Trinajstić information content (AvgIpc) is 3.00. The van der Waals surface area contributed by atoms with Gasteiger partial charge in [-0.2, -0.15) is 0 Å². The molecule has 122 valence electrons. The highest BCUT2D eigenvalue weighted by atomic mass is 16.7. The lowest BCUT2D eigenvalue weighted by molar-refractivity contribution is 0.152. The molecule has 0 saturated carbocycles.